The number of halogens is 1. The summed E-state index contributed by atoms with van der Waals surface area (Å²) in [6.45, 7) is 0. The van der Waals surface area contributed by atoms with E-state index in [9.17, 15) is 9.90 Å². The van der Waals surface area contributed by atoms with Gasteiger partial charge in [-0.25, -0.2) is 0 Å². The number of fused-ring (bicyclic) bond motifs is 1. The molecule has 0 atom stereocenters. The number of phenols is 1. The number of hydrogen-bond donors (Lipinski definition) is 1. The highest BCUT2D eigenvalue weighted by Gasteiger charge is 2.22. The molecule has 0 unspecified atom stereocenters. The standard InChI is InChI=1S/C18H15IO6/c1-22-10-6-4-9(5-7-10)17-18(24-3)16(21)13-11(25-17)8-12(23-2)14(19)15(13)20/h4-8,20H,1-3H3. The molecule has 0 radical (unpaired) electrons. The van der Waals surface area contributed by atoms with Gasteiger partial charge < -0.3 is 23.7 Å². The van der Waals surface area contributed by atoms with Crippen LogP contribution < -0.4 is 19.6 Å². The number of methoxy groups -OCH3 is 3. The summed E-state index contributed by atoms with van der Waals surface area (Å²) in [5.41, 5.74) is 0.410. The predicted octanol–water partition coefficient (Wildman–Crippen LogP) is 3.80. The van der Waals surface area contributed by atoms with Gasteiger partial charge in [0, 0.05) is 11.6 Å². The molecule has 0 saturated heterocycles. The van der Waals surface area contributed by atoms with E-state index < -0.39 is 5.43 Å². The number of phenolic OH excluding ortho intramolecular Hbond substituents is 1. The second kappa shape index (κ2) is 6.83. The van der Waals surface area contributed by atoms with E-state index in [4.69, 9.17) is 18.6 Å². The molecule has 2 aromatic carbocycles. The first kappa shape index (κ1) is 17.4. The van der Waals surface area contributed by atoms with Crippen LogP contribution in [0.3, 0.4) is 0 Å². The Hall–Kier alpha value is -2.42. The second-order valence-corrected chi connectivity index (χ2v) is 6.22. The SMILES string of the molecule is COc1ccc(-c2oc3cc(OC)c(I)c(O)c3c(=O)c2OC)cc1. The summed E-state index contributed by atoms with van der Waals surface area (Å²) >= 11 is 1.91. The fraction of sp³-hybridized carbons (Fsp3) is 0.167. The summed E-state index contributed by atoms with van der Waals surface area (Å²) in [6.07, 6.45) is 0. The molecule has 1 aromatic heterocycles. The van der Waals surface area contributed by atoms with E-state index in [1.54, 1.807) is 37.4 Å². The molecule has 0 aliphatic rings. The molecule has 6 nitrogen and oxygen atoms in total. The monoisotopic (exact) mass is 454 g/mol. The zero-order valence-electron chi connectivity index (χ0n) is 13.8. The van der Waals surface area contributed by atoms with E-state index >= 15 is 0 Å². The fourth-order valence-corrected chi connectivity index (χ4v) is 3.18. The first-order valence-corrected chi connectivity index (χ1v) is 8.34. The minimum Gasteiger partial charge on any atom is -0.506 e. The van der Waals surface area contributed by atoms with Crippen LogP contribution in [0.2, 0.25) is 0 Å². The molecule has 3 rings (SSSR count). The average Bonchev–Trinajstić information content (AvgIpc) is 2.64. The van der Waals surface area contributed by atoms with Crippen molar-refractivity contribution in [1.82, 2.24) is 0 Å². The van der Waals surface area contributed by atoms with E-state index in [1.165, 1.54) is 14.2 Å². The molecule has 130 valence electrons. The van der Waals surface area contributed by atoms with Crippen molar-refractivity contribution in [3.05, 3.63) is 44.1 Å². The molecule has 0 fully saturated rings. The van der Waals surface area contributed by atoms with E-state index in [-0.39, 0.29) is 28.2 Å². The largest absolute Gasteiger partial charge is 0.506 e. The lowest BCUT2D eigenvalue weighted by Gasteiger charge is -2.12. The van der Waals surface area contributed by atoms with Gasteiger partial charge in [0.05, 0.1) is 24.9 Å². The fourth-order valence-electron chi connectivity index (χ4n) is 2.54. The maximum absolute atomic E-state index is 12.8. The molecule has 0 amide bonds. The topological polar surface area (TPSA) is 78.1 Å². The van der Waals surface area contributed by atoms with Gasteiger partial charge in [-0.1, -0.05) is 0 Å². The van der Waals surface area contributed by atoms with Crippen LogP contribution >= 0.6 is 22.6 Å². The van der Waals surface area contributed by atoms with Gasteiger partial charge in [-0.3, -0.25) is 4.79 Å². The Bertz CT molecular complexity index is 991. The maximum atomic E-state index is 12.8. The third-order valence-electron chi connectivity index (χ3n) is 3.80. The molecule has 3 aromatic rings. The van der Waals surface area contributed by atoms with Gasteiger partial charge in [0.25, 0.3) is 0 Å². The second-order valence-electron chi connectivity index (χ2n) is 5.14. The molecule has 25 heavy (non-hydrogen) atoms. The Morgan fingerprint density at radius 2 is 1.72 bits per heavy atom. The van der Waals surface area contributed by atoms with E-state index in [1.807, 2.05) is 22.6 Å². The van der Waals surface area contributed by atoms with Crippen LogP contribution in [0, 0.1) is 3.57 Å². The van der Waals surface area contributed by atoms with E-state index in [0.717, 1.165) is 0 Å². The number of ether oxygens (including phenoxy) is 3. The molecule has 1 N–H and O–H groups in total. The molecule has 7 heteroatoms. The van der Waals surface area contributed by atoms with Gasteiger partial charge in [0.15, 0.2) is 5.76 Å². The van der Waals surface area contributed by atoms with Crippen LogP contribution in [0.1, 0.15) is 0 Å². The lowest BCUT2D eigenvalue weighted by atomic mass is 10.1. The summed E-state index contributed by atoms with van der Waals surface area (Å²) in [4.78, 5) is 12.8. The minimum absolute atomic E-state index is 0.0222. The van der Waals surface area contributed by atoms with Crippen LogP contribution in [0.4, 0.5) is 0 Å². The van der Waals surface area contributed by atoms with Gasteiger partial charge >= 0.3 is 0 Å². The quantitative estimate of drug-likeness (QED) is 0.605. The summed E-state index contributed by atoms with van der Waals surface area (Å²) in [5, 5.41) is 10.4. The van der Waals surface area contributed by atoms with Crippen molar-refractivity contribution >= 4 is 33.6 Å². The zero-order chi connectivity index (χ0) is 18.1. The Balaban J connectivity index is 2.35. The van der Waals surface area contributed by atoms with Gasteiger partial charge in [0.1, 0.15) is 28.2 Å². The van der Waals surface area contributed by atoms with Crippen molar-refractivity contribution in [2.45, 2.75) is 0 Å². The van der Waals surface area contributed by atoms with Crippen molar-refractivity contribution in [1.29, 1.82) is 0 Å². The third-order valence-corrected chi connectivity index (χ3v) is 4.84. The summed E-state index contributed by atoms with van der Waals surface area (Å²) in [6, 6.07) is 8.60. The lowest BCUT2D eigenvalue weighted by Crippen LogP contribution is -2.08. The third kappa shape index (κ3) is 2.88. The summed E-state index contributed by atoms with van der Waals surface area (Å²) in [7, 11) is 4.44. The number of aromatic hydroxyl groups is 1. The molecule has 1 heterocycles. The normalized spacial score (nSPS) is 10.7. The van der Waals surface area contributed by atoms with Crippen molar-refractivity contribution in [3.63, 3.8) is 0 Å². The summed E-state index contributed by atoms with van der Waals surface area (Å²) < 4.78 is 22.0. The highest BCUT2D eigenvalue weighted by atomic mass is 127. The van der Waals surface area contributed by atoms with Crippen LogP contribution in [-0.2, 0) is 0 Å². The molecule has 0 spiro atoms. The molecule has 0 aliphatic heterocycles. The van der Waals surface area contributed by atoms with Crippen LogP contribution in [0.15, 0.2) is 39.5 Å². The van der Waals surface area contributed by atoms with Crippen molar-refractivity contribution in [2.75, 3.05) is 21.3 Å². The van der Waals surface area contributed by atoms with Gasteiger partial charge in [-0.05, 0) is 46.9 Å². The summed E-state index contributed by atoms with van der Waals surface area (Å²) in [5.74, 6) is 1.20. The minimum atomic E-state index is -0.451. The highest BCUT2D eigenvalue weighted by Crippen LogP contribution is 2.39. The van der Waals surface area contributed by atoms with E-state index in [0.29, 0.717) is 20.6 Å². The van der Waals surface area contributed by atoms with Crippen molar-refractivity contribution < 1.29 is 23.7 Å². The smallest absolute Gasteiger partial charge is 0.239 e. The Morgan fingerprint density at radius 3 is 2.28 bits per heavy atom. The van der Waals surface area contributed by atoms with Gasteiger partial charge in [0.2, 0.25) is 11.2 Å². The number of rotatable bonds is 4. The van der Waals surface area contributed by atoms with Gasteiger partial charge in [-0.15, -0.1) is 0 Å². The van der Waals surface area contributed by atoms with Crippen molar-refractivity contribution in [2.24, 2.45) is 0 Å². The first-order valence-electron chi connectivity index (χ1n) is 7.26. The van der Waals surface area contributed by atoms with Gasteiger partial charge in [-0.2, -0.15) is 0 Å². The number of hydrogen-bond acceptors (Lipinski definition) is 6. The molecule has 0 saturated carbocycles. The van der Waals surface area contributed by atoms with Crippen LogP contribution in [0.5, 0.6) is 23.0 Å². The lowest BCUT2D eigenvalue weighted by molar-refractivity contribution is 0.393. The Kier molecular flexibility index (Phi) is 4.76. The zero-order valence-corrected chi connectivity index (χ0v) is 15.9. The highest BCUT2D eigenvalue weighted by molar-refractivity contribution is 14.1. The molecular weight excluding hydrogens is 439 g/mol. The Labute approximate surface area is 157 Å². The van der Waals surface area contributed by atoms with Crippen molar-refractivity contribution in [3.8, 4) is 34.3 Å². The molecule has 0 aliphatic carbocycles. The first-order chi connectivity index (χ1) is 12.0. The maximum Gasteiger partial charge on any atom is 0.239 e. The molecule has 0 bridgehead atoms. The van der Waals surface area contributed by atoms with Crippen LogP contribution in [0.25, 0.3) is 22.3 Å². The average molecular weight is 454 g/mol. The number of benzene rings is 2. The Morgan fingerprint density at radius 1 is 1.04 bits per heavy atom. The van der Waals surface area contributed by atoms with Crippen LogP contribution in [-0.4, -0.2) is 26.4 Å². The predicted molar refractivity (Wildman–Crippen MR) is 102 cm³/mol. The van der Waals surface area contributed by atoms with E-state index in [2.05, 4.69) is 0 Å². The molecular formula is C18H15IO6.